The van der Waals surface area contributed by atoms with Gasteiger partial charge in [-0.3, -0.25) is 9.97 Å². The summed E-state index contributed by atoms with van der Waals surface area (Å²) in [5.41, 5.74) is 6.32. The lowest BCUT2D eigenvalue weighted by Crippen LogP contribution is -1.97. The summed E-state index contributed by atoms with van der Waals surface area (Å²) in [5, 5.41) is 0. The van der Waals surface area contributed by atoms with Crippen molar-refractivity contribution in [3.8, 4) is 22.5 Å². The Bertz CT molecular complexity index is 882. The maximum Gasteiger partial charge on any atom is 0.0705 e. The molecule has 0 radical (unpaired) electrons. The van der Waals surface area contributed by atoms with Crippen molar-refractivity contribution < 1.29 is 0 Å². The molecule has 2 aromatic carbocycles. The minimum atomic E-state index is 0.724. The molecule has 120 valence electrons. The first-order valence-electron chi connectivity index (χ1n) is 8.41. The Morgan fingerprint density at radius 1 is 0.440 bits per heavy atom. The van der Waals surface area contributed by atoms with E-state index in [-0.39, 0.29) is 0 Å². The fourth-order valence-electron chi connectivity index (χ4n) is 2.88. The van der Waals surface area contributed by atoms with Crippen LogP contribution in [-0.4, -0.2) is 9.97 Å². The molecule has 0 spiro atoms. The Kier molecular flexibility index (Phi) is 4.34. The molecule has 0 N–H and O–H groups in total. The molecular weight excluding hydrogens is 304 g/mol. The third-order valence-corrected chi connectivity index (χ3v) is 4.11. The molecule has 0 unspecified atom stereocenters. The van der Waals surface area contributed by atoms with E-state index in [4.69, 9.17) is 9.97 Å². The Labute approximate surface area is 147 Å². The van der Waals surface area contributed by atoms with Crippen LogP contribution in [0, 0.1) is 0 Å². The molecule has 25 heavy (non-hydrogen) atoms. The molecule has 0 aliphatic carbocycles. The van der Waals surface area contributed by atoms with E-state index in [0.717, 1.165) is 40.3 Å². The van der Waals surface area contributed by atoms with Gasteiger partial charge in [0.15, 0.2) is 0 Å². The van der Waals surface area contributed by atoms with E-state index >= 15 is 0 Å². The summed E-state index contributed by atoms with van der Waals surface area (Å²) in [5.74, 6) is 0. The van der Waals surface area contributed by atoms with Gasteiger partial charge in [-0.15, -0.1) is 0 Å². The van der Waals surface area contributed by atoms with Crippen molar-refractivity contribution in [2.24, 2.45) is 0 Å². The van der Waals surface area contributed by atoms with Gasteiger partial charge in [0.1, 0.15) is 0 Å². The Morgan fingerprint density at radius 2 is 0.880 bits per heavy atom. The van der Waals surface area contributed by atoms with Gasteiger partial charge in [-0.25, -0.2) is 0 Å². The molecule has 0 bridgehead atoms. The van der Waals surface area contributed by atoms with E-state index in [0.29, 0.717) is 0 Å². The van der Waals surface area contributed by atoms with Crippen LogP contribution in [0.4, 0.5) is 0 Å². The summed E-state index contributed by atoms with van der Waals surface area (Å²) < 4.78 is 0. The quantitative estimate of drug-likeness (QED) is 0.502. The largest absolute Gasteiger partial charge is 0.252 e. The molecule has 4 rings (SSSR count). The van der Waals surface area contributed by atoms with E-state index in [9.17, 15) is 0 Å². The number of pyridine rings is 2. The molecule has 0 fully saturated rings. The molecule has 0 saturated heterocycles. The third-order valence-electron chi connectivity index (χ3n) is 4.11. The van der Waals surface area contributed by atoms with Crippen LogP contribution < -0.4 is 0 Å². The summed E-state index contributed by atoms with van der Waals surface area (Å²) in [4.78, 5) is 9.60. The molecule has 0 amide bonds. The van der Waals surface area contributed by atoms with Crippen molar-refractivity contribution in [1.82, 2.24) is 9.97 Å². The molecular formula is C23H18N2. The van der Waals surface area contributed by atoms with Gasteiger partial charge in [-0.2, -0.15) is 0 Å². The van der Waals surface area contributed by atoms with E-state index < -0.39 is 0 Å². The van der Waals surface area contributed by atoms with Crippen LogP contribution in [0.1, 0.15) is 11.4 Å². The number of hydrogen-bond donors (Lipinski definition) is 0. The lowest BCUT2D eigenvalue weighted by molar-refractivity contribution is 1.02. The smallest absolute Gasteiger partial charge is 0.0705 e. The topological polar surface area (TPSA) is 25.8 Å². The third kappa shape index (κ3) is 3.64. The number of hydrogen-bond acceptors (Lipinski definition) is 2. The second-order valence-electron chi connectivity index (χ2n) is 5.94. The average molecular weight is 322 g/mol. The van der Waals surface area contributed by atoms with Crippen LogP contribution in [0.3, 0.4) is 0 Å². The van der Waals surface area contributed by atoms with Crippen LogP contribution in [-0.2, 0) is 6.42 Å². The summed E-state index contributed by atoms with van der Waals surface area (Å²) >= 11 is 0. The van der Waals surface area contributed by atoms with Crippen molar-refractivity contribution in [2.45, 2.75) is 6.42 Å². The van der Waals surface area contributed by atoms with Gasteiger partial charge < -0.3 is 0 Å². The predicted octanol–water partition coefficient (Wildman–Crippen LogP) is 5.40. The predicted molar refractivity (Wildman–Crippen MR) is 102 cm³/mol. The van der Waals surface area contributed by atoms with Crippen LogP contribution in [0.2, 0.25) is 0 Å². The first-order valence-corrected chi connectivity index (χ1v) is 8.41. The zero-order valence-electron chi connectivity index (χ0n) is 13.8. The lowest BCUT2D eigenvalue weighted by atomic mass is 10.1. The van der Waals surface area contributed by atoms with Crippen LogP contribution in [0.25, 0.3) is 22.5 Å². The first-order chi connectivity index (χ1) is 12.4. The van der Waals surface area contributed by atoms with Crippen molar-refractivity contribution in [3.05, 3.63) is 108 Å². The van der Waals surface area contributed by atoms with Crippen LogP contribution in [0.5, 0.6) is 0 Å². The molecule has 2 nitrogen and oxygen atoms in total. The maximum absolute atomic E-state index is 4.80. The van der Waals surface area contributed by atoms with Crippen molar-refractivity contribution in [3.63, 3.8) is 0 Å². The number of nitrogens with zero attached hydrogens (tertiary/aromatic N) is 2. The highest BCUT2D eigenvalue weighted by atomic mass is 14.7. The molecule has 4 aromatic rings. The van der Waals surface area contributed by atoms with Gasteiger partial charge in [0, 0.05) is 28.9 Å². The van der Waals surface area contributed by atoms with Crippen LogP contribution >= 0.6 is 0 Å². The fourth-order valence-corrected chi connectivity index (χ4v) is 2.88. The molecule has 0 aliphatic heterocycles. The van der Waals surface area contributed by atoms with Gasteiger partial charge >= 0.3 is 0 Å². The maximum atomic E-state index is 4.80. The number of rotatable bonds is 4. The second kappa shape index (κ2) is 7.10. The zero-order valence-corrected chi connectivity index (χ0v) is 13.8. The summed E-state index contributed by atoms with van der Waals surface area (Å²) in [6.45, 7) is 0. The molecule has 0 saturated carbocycles. The van der Waals surface area contributed by atoms with E-state index in [1.54, 1.807) is 0 Å². The summed E-state index contributed by atoms with van der Waals surface area (Å²) in [6.07, 6.45) is 0.724. The molecule has 0 atom stereocenters. The van der Waals surface area contributed by atoms with Gasteiger partial charge in [-0.1, -0.05) is 72.8 Å². The van der Waals surface area contributed by atoms with E-state index in [1.165, 1.54) is 0 Å². The van der Waals surface area contributed by atoms with E-state index in [2.05, 4.69) is 48.5 Å². The summed E-state index contributed by atoms with van der Waals surface area (Å²) in [7, 11) is 0. The summed E-state index contributed by atoms with van der Waals surface area (Å²) in [6, 6.07) is 32.9. The highest BCUT2D eigenvalue weighted by Gasteiger charge is 2.05. The Morgan fingerprint density at radius 3 is 1.32 bits per heavy atom. The van der Waals surface area contributed by atoms with E-state index in [1.807, 2.05) is 48.5 Å². The molecule has 2 heterocycles. The number of benzene rings is 2. The molecule has 2 heteroatoms. The molecule has 2 aromatic heterocycles. The van der Waals surface area contributed by atoms with Gasteiger partial charge in [-0.05, 0) is 24.3 Å². The van der Waals surface area contributed by atoms with Crippen molar-refractivity contribution >= 4 is 0 Å². The normalized spacial score (nSPS) is 10.6. The zero-order chi connectivity index (χ0) is 16.9. The number of aromatic nitrogens is 2. The average Bonchev–Trinajstić information content (AvgIpc) is 2.70. The van der Waals surface area contributed by atoms with Crippen molar-refractivity contribution in [2.75, 3.05) is 0 Å². The lowest BCUT2D eigenvalue weighted by Gasteiger charge is -2.07. The molecule has 0 aliphatic rings. The highest BCUT2D eigenvalue weighted by molar-refractivity contribution is 5.60. The minimum absolute atomic E-state index is 0.724. The highest BCUT2D eigenvalue weighted by Crippen LogP contribution is 2.19. The SMILES string of the molecule is c1ccc(-c2cccc(Cc3cccc(-c4ccccc4)n3)n2)cc1. The minimum Gasteiger partial charge on any atom is -0.252 e. The Hall–Kier alpha value is -3.26. The standard InChI is InChI=1S/C23H18N2/c1-3-9-18(10-4-1)22-15-7-13-20(24-22)17-21-14-8-16-23(25-21)19-11-5-2-6-12-19/h1-16H,17H2. The van der Waals surface area contributed by atoms with Crippen molar-refractivity contribution in [1.29, 1.82) is 0 Å². The fraction of sp³-hybridized carbons (Fsp3) is 0.0435. The first kappa shape index (κ1) is 15.3. The van der Waals surface area contributed by atoms with Crippen LogP contribution in [0.15, 0.2) is 97.1 Å². The Balaban J connectivity index is 1.61. The monoisotopic (exact) mass is 322 g/mol. The van der Waals surface area contributed by atoms with Gasteiger partial charge in [0.05, 0.1) is 11.4 Å². The van der Waals surface area contributed by atoms with Gasteiger partial charge in [0.2, 0.25) is 0 Å². The second-order valence-corrected chi connectivity index (χ2v) is 5.94. The van der Waals surface area contributed by atoms with Gasteiger partial charge in [0.25, 0.3) is 0 Å².